The summed E-state index contributed by atoms with van der Waals surface area (Å²) in [6.07, 6.45) is 1.11. The summed E-state index contributed by atoms with van der Waals surface area (Å²) in [7, 11) is 1.74. The van der Waals surface area contributed by atoms with Gasteiger partial charge in [0.05, 0.1) is 34.8 Å². The van der Waals surface area contributed by atoms with Crippen molar-refractivity contribution in [2.24, 2.45) is 0 Å². The van der Waals surface area contributed by atoms with E-state index in [1.54, 1.807) is 54.4 Å². The number of urea groups is 1. The van der Waals surface area contributed by atoms with E-state index < -0.39 is 6.03 Å². The Morgan fingerprint density at radius 3 is 2.71 bits per heavy atom. The average molecular weight is 501 g/mol. The lowest BCUT2D eigenvalue weighted by Gasteiger charge is -2.42. The van der Waals surface area contributed by atoms with E-state index in [4.69, 9.17) is 21.1 Å². The van der Waals surface area contributed by atoms with Crippen LogP contribution in [0.3, 0.4) is 0 Å². The van der Waals surface area contributed by atoms with Crippen molar-refractivity contribution in [3.63, 3.8) is 0 Å². The highest BCUT2D eigenvalue weighted by molar-refractivity contribution is 6.33. The van der Waals surface area contributed by atoms with Crippen LogP contribution in [0, 0.1) is 0 Å². The molecule has 0 radical (unpaired) electrons. The minimum absolute atomic E-state index is 0.0453. The van der Waals surface area contributed by atoms with Crippen molar-refractivity contribution in [1.82, 2.24) is 10.2 Å². The molecule has 1 fully saturated rings. The predicted octanol–water partition coefficient (Wildman–Crippen LogP) is 3.89. The number of carbonyl (C=O) groups is 3. The number of nitrogens with one attached hydrogen (secondary N) is 3. The number of ether oxygens (including phenoxy) is 2. The normalized spacial score (nSPS) is 21.5. The van der Waals surface area contributed by atoms with E-state index in [1.165, 1.54) is 0 Å². The van der Waals surface area contributed by atoms with Crippen LogP contribution in [0.5, 0.6) is 5.75 Å². The van der Waals surface area contributed by atoms with Crippen LogP contribution in [-0.2, 0) is 9.53 Å². The van der Waals surface area contributed by atoms with Crippen LogP contribution < -0.4 is 20.7 Å². The van der Waals surface area contributed by atoms with Crippen molar-refractivity contribution in [1.29, 1.82) is 0 Å². The number of amides is 4. The Morgan fingerprint density at radius 2 is 1.94 bits per heavy atom. The molecule has 0 bridgehead atoms. The lowest BCUT2D eigenvalue weighted by molar-refractivity contribution is -0.133. The molecule has 0 unspecified atom stereocenters. The Labute approximate surface area is 209 Å². The summed E-state index contributed by atoms with van der Waals surface area (Å²) in [5.41, 5.74) is 1.27. The number of hydrogen-bond donors (Lipinski definition) is 3. The molecule has 3 atom stereocenters. The van der Waals surface area contributed by atoms with E-state index in [-0.39, 0.29) is 43.1 Å². The zero-order chi connectivity index (χ0) is 24.9. The lowest BCUT2D eigenvalue weighted by atomic mass is 9.94. The van der Waals surface area contributed by atoms with Crippen molar-refractivity contribution in [3.05, 3.63) is 53.1 Å². The fourth-order valence-electron chi connectivity index (χ4n) is 4.43. The molecule has 0 saturated carbocycles. The number of anilines is 2. The van der Waals surface area contributed by atoms with Gasteiger partial charge in [-0.05, 0) is 50.1 Å². The molecule has 2 aliphatic heterocycles. The molecule has 2 aliphatic rings. The monoisotopic (exact) mass is 500 g/mol. The van der Waals surface area contributed by atoms with Gasteiger partial charge in [0.2, 0.25) is 5.91 Å². The fraction of sp³-hybridized carbons (Fsp3) is 0.400. The summed E-state index contributed by atoms with van der Waals surface area (Å²) in [6.45, 7) is 2.71. The first kappa shape index (κ1) is 24.8. The van der Waals surface area contributed by atoms with Crippen molar-refractivity contribution < 1.29 is 23.9 Å². The first-order valence-electron chi connectivity index (χ1n) is 11.6. The lowest BCUT2D eigenvalue weighted by Crippen LogP contribution is -2.54. The second kappa shape index (κ2) is 11.0. The van der Waals surface area contributed by atoms with E-state index in [0.29, 0.717) is 47.1 Å². The van der Waals surface area contributed by atoms with Gasteiger partial charge in [0.1, 0.15) is 18.5 Å². The molecular weight excluding hydrogens is 472 g/mol. The number of para-hydroxylation sites is 1. The quantitative estimate of drug-likeness (QED) is 0.577. The maximum Gasteiger partial charge on any atom is 0.323 e. The summed E-state index contributed by atoms with van der Waals surface area (Å²) >= 11 is 6.10. The Bertz CT molecular complexity index is 1110. The first-order valence-corrected chi connectivity index (χ1v) is 12.0. The Kier molecular flexibility index (Phi) is 7.77. The molecule has 2 heterocycles. The Balaban J connectivity index is 1.46. The fourth-order valence-corrected chi connectivity index (χ4v) is 4.61. The number of fused-ring (bicyclic) bond motifs is 2. The third kappa shape index (κ3) is 5.86. The van der Waals surface area contributed by atoms with Crippen LogP contribution in [0.15, 0.2) is 42.5 Å². The zero-order valence-corrected chi connectivity index (χ0v) is 20.4. The molecule has 35 heavy (non-hydrogen) atoms. The topological polar surface area (TPSA) is 109 Å². The number of halogens is 1. The molecule has 186 valence electrons. The molecule has 0 aliphatic carbocycles. The number of nitrogens with zero attached hydrogens (tertiary/aromatic N) is 1. The van der Waals surface area contributed by atoms with Crippen molar-refractivity contribution in [2.45, 2.75) is 44.4 Å². The maximum atomic E-state index is 13.3. The van der Waals surface area contributed by atoms with E-state index in [2.05, 4.69) is 16.0 Å². The van der Waals surface area contributed by atoms with Gasteiger partial charge in [-0.1, -0.05) is 23.7 Å². The zero-order valence-electron chi connectivity index (χ0n) is 19.7. The number of likely N-dealkylation sites (N-methyl/N-ethyl adjacent to an activating group) is 1. The number of benzene rings is 2. The smallest absolute Gasteiger partial charge is 0.323 e. The second-order valence-corrected chi connectivity index (χ2v) is 9.00. The molecule has 3 N–H and O–H groups in total. The number of carbonyl (C=O) groups excluding carboxylic acids is 3. The minimum Gasteiger partial charge on any atom is -0.490 e. The average Bonchev–Trinajstić information content (AvgIpc) is 2.83. The molecule has 0 spiro atoms. The molecule has 1 saturated heterocycles. The van der Waals surface area contributed by atoms with Gasteiger partial charge in [-0.2, -0.15) is 0 Å². The van der Waals surface area contributed by atoms with Gasteiger partial charge < -0.3 is 30.3 Å². The molecule has 2 aromatic carbocycles. The summed E-state index contributed by atoms with van der Waals surface area (Å²) in [5, 5.41) is 8.64. The minimum atomic E-state index is -0.482. The van der Waals surface area contributed by atoms with Gasteiger partial charge >= 0.3 is 6.03 Å². The van der Waals surface area contributed by atoms with Gasteiger partial charge in [0.15, 0.2) is 0 Å². The summed E-state index contributed by atoms with van der Waals surface area (Å²) < 4.78 is 12.1. The Morgan fingerprint density at radius 1 is 1.14 bits per heavy atom. The maximum absolute atomic E-state index is 13.3. The molecule has 9 nitrogen and oxygen atoms in total. The highest BCUT2D eigenvalue weighted by Gasteiger charge is 2.39. The molecule has 4 rings (SSSR count). The van der Waals surface area contributed by atoms with Crippen molar-refractivity contribution in [2.75, 3.05) is 30.8 Å². The largest absolute Gasteiger partial charge is 0.490 e. The second-order valence-electron chi connectivity index (χ2n) is 8.60. The van der Waals surface area contributed by atoms with Gasteiger partial charge in [-0.3, -0.25) is 9.59 Å². The summed E-state index contributed by atoms with van der Waals surface area (Å²) in [5.74, 6) is 0.138. The van der Waals surface area contributed by atoms with Crippen LogP contribution in [0.25, 0.3) is 0 Å². The molecule has 0 aromatic heterocycles. The molecule has 10 heteroatoms. The van der Waals surface area contributed by atoms with Gasteiger partial charge in [0.25, 0.3) is 5.91 Å². The van der Waals surface area contributed by atoms with Crippen LogP contribution >= 0.6 is 11.6 Å². The van der Waals surface area contributed by atoms with E-state index in [1.807, 2.05) is 6.92 Å². The van der Waals surface area contributed by atoms with Crippen LogP contribution in [0.1, 0.15) is 36.5 Å². The molecular formula is C25H29ClN4O5. The van der Waals surface area contributed by atoms with E-state index in [0.717, 1.165) is 0 Å². The highest BCUT2D eigenvalue weighted by Crippen LogP contribution is 2.32. The number of rotatable bonds is 5. The third-order valence-electron chi connectivity index (χ3n) is 6.18. The standard InChI is InChI=1S/C25H29ClN4O5/c1-3-27-23(31)13-16-9-10-20-22(35-16)14-34-21-11-8-15(12-17(21)24(32)30(20)2)28-25(33)29-19-7-5-4-6-18(19)26/h4-8,11-12,16,20,22H,3,9-10,13-14H2,1-2H3,(H,27,31)(H2,28,29,33)/t16-,20+,22-/m0/s1. The van der Waals surface area contributed by atoms with Gasteiger partial charge in [-0.25, -0.2) is 4.79 Å². The number of hydrogen-bond acceptors (Lipinski definition) is 5. The van der Waals surface area contributed by atoms with E-state index in [9.17, 15) is 14.4 Å². The highest BCUT2D eigenvalue weighted by atomic mass is 35.5. The third-order valence-corrected chi connectivity index (χ3v) is 6.51. The van der Waals surface area contributed by atoms with E-state index >= 15 is 0 Å². The van der Waals surface area contributed by atoms with Crippen LogP contribution in [0.4, 0.5) is 16.2 Å². The predicted molar refractivity (Wildman–Crippen MR) is 133 cm³/mol. The summed E-state index contributed by atoms with van der Waals surface area (Å²) in [6, 6.07) is 11.2. The molecule has 2 aromatic rings. The summed E-state index contributed by atoms with van der Waals surface area (Å²) in [4.78, 5) is 39.4. The SMILES string of the molecule is CCNC(=O)C[C@@H]1CC[C@@H]2[C@H](COc3ccc(NC(=O)Nc4ccccc4Cl)cc3C(=O)N2C)O1. The van der Waals surface area contributed by atoms with Crippen molar-refractivity contribution >= 4 is 40.8 Å². The van der Waals surface area contributed by atoms with Crippen LogP contribution in [0.2, 0.25) is 5.02 Å². The van der Waals surface area contributed by atoms with Crippen molar-refractivity contribution in [3.8, 4) is 5.75 Å². The first-order chi connectivity index (χ1) is 16.9. The Hall–Kier alpha value is -3.30. The van der Waals surface area contributed by atoms with Gasteiger partial charge in [-0.15, -0.1) is 0 Å². The van der Waals surface area contributed by atoms with Gasteiger partial charge in [0, 0.05) is 19.3 Å². The van der Waals surface area contributed by atoms with Crippen LogP contribution in [-0.4, -0.2) is 61.2 Å². The molecule has 4 amide bonds.